The summed E-state index contributed by atoms with van der Waals surface area (Å²) in [6.45, 7) is 2.13. The van der Waals surface area contributed by atoms with E-state index in [9.17, 15) is 0 Å². The Hall–Kier alpha value is -4.32. The topological polar surface area (TPSA) is 76.7 Å². The molecule has 1 atom stereocenters. The second kappa shape index (κ2) is 7.42. The van der Waals surface area contributed by atoms with Gasteiger partial charge in [0, 0.05) is 34.5 Å². The van der Waals surface area contributed by atoms with Gasteiger partial charge in [0.1, 0.15) is 5.52 Å². The smallest absolute Gasteiger partial charge is 0.301 e. The number of benzene rings is 3. The maximum absolute atomic E-state index is 5.98. The fraction of sp³-hybridized carbons (Fsp3) is 0.0769. The van der Waals surface area contributed by atoms with Gasteiger partial charge in [-0.1, -0.05) is 61.5 Å². The van der Waals surface area contributed by atoms with E-state index in [4.69, 9.17) is 9.40 Å². The molecular formula is C26H19N5O. The van der Waals surface area contributed by atoms with Crippen molar-refractivity contribution in [2.75, 3.05) is 5.32 Å². The van der Waals surface area contributed by atoms with E-state index in [1.807, 2.05) is 54.6 Å². The summed E-state index contributed by atoms with van der Waals surface area (Å²) in [4.78, 5) is 8.81. The maximum atomic E-state index is 5.98. The van der Waals surface area contributed by atoms with Crippen molar-refractivity contribution in [3.05, 3.63) is 96.4 Å². The van der Waals surface area contributed by atoms with Crippen molar-refractivity contribution in [1.29, 1.82) is 0 Å². The van der Waals surface area contributed by atoms with Gasteiger partial charge in [0.2, 0.25) is 0 Å². The summed E-state index contributed by atoms with van der Waals surface area (Å²) in [6, 6.07) is 24.7. The van der Waals surface area contributed by atoms with Crippen molar-refractivity contribution in [1.82, 2.24) is 20.2 Å². The summed E-state index contributed by atoms with van der Waals surface area (Å²) in [7, 11) is 0. The lowest BCUT2D eigenvalue weighted by molar-refractivity contribution is 0.622. The van der Waals surface area contributed by atoms with Gasteiger partial charge in [-0.2, -0.15) is 10.1 Å². The highest BCUT2D eigenvalue weighted by molar-refractivity contribution is 6.04. The van der Waals surface area contributed by atoms with Gasteiger partial charge in [-0.3, -0.25) is 10.3 Å². The zero-order valence-corrected chi connectivity index (χ0v) is 17.4. The fourth-order valence-corrected chi connectivity index (χ4v) is 4.16. The molecule has 6 rings (SSSR count). The van der Waals surface area contributed by atoms with E-state index in [2.05, 4.69) is 45.6 Å². The summed E-state index contributed by atoms with van der Waals surface area (Å²) in [5.41, 5.74) is 3.61. The van der Waals surface area contributed by atoms with E-state index < -0.39 is 0 Å². The van der Waals surface area contributed by atoms with Crippen LogP contribution >= 0.6 is 0 Å². The standard InChI is InChI=1S/C26H19N5O/c1-16(17-12-14-27-15-13-17)23-20-8-4-5-9-21(20)25(31-30-23)29-26-28-24-19-7-3-2-6-18(19)10-11-22(24)32-26/h2-16H,1H3,(H,28,29,31). The number of pyridine rings is 1. The maximum Gasteiger partial charge on any atom is 0.301 e. The van der Waals surface area contributed by atoms with Crippen molar-refractivity contribution in [2.45, 2.75) is 12.8 Å². The Labute approximate surface area is 184 Å². The van der Waals surface area contributed by atoms with Gasteiger partial charge < -0.3 is 4.42 Å². The third kappa shape index (κ3) is 3.04. The Balaban J connectivity index is 1.43. The monoisotopic (exact) mass is 417 g/mol. The van der Waals surface area contributed by atoms with Crippen LogP contribution in [0, 0.1) is 0 Å². The van der Waals surface area contributed by atoms with Crippen molar-refractivity contribution in [2.24, 2.45) is 0 Å². The van der Waals surface area contributed by atoms with Gasteiger partial charge >= 0.3 is 6.01 Å². The highest BCUT2D eigenvalue weighted by Crippen LogP contribution is 2.33. The minimum absolute atomic E-state index is 0.0835. The van der Waals surface area contributed by atoms with Crippen molar-refractivity contribution in [3.63, 3.8) is 0 Å². The molecule has 0 saturated heterocycles. The largest absolute Gasteiger partial charge is 0.423 e. The minimum atomic E-state index is 0.0835. The highest BCUT2D eigenvalue weighted by atomic mass is 16.4. The first-order valence-electron chi connectivity index (χ1n) is 10.5. The van der Waals surface area contributed by atoms with Gasteiger partial charge in [-0.25, -0.2) is 0 Å². The molecule has 3 heterocycles. The average molecular weight is 417 g/mol. The van der Waals surface area contributed by atoms with Crippen LogP contribution in [0.1, 0.15) is 24.1 Å². The number of oxazole rings is 1. The Bertz CT molecular complexity index is 1580. The Morgan fingerprint density at radius 2 is 1.53 bits per heavy atom. The van der Waals surface area contributed by atoms with Crippen LogP contribution in [-0.4, -0.2) is 20.2 Å². The van der Waals surface area contributed by atoms with E-state index >= 15 is 0 Å². The van der Waals surface area contributed by atoms with E-state index in [1.54, 1.807) is 12.4 Å². The molecule has 154 valence electrons. The highest BCUT2D eigenvalue weighted by Gasteiger charge is 2.18. The van der Waals surface area contributed by atoms with Crippen LogP contribution in [0.15, 0.2) is 89.6 Å². The van der Waals surface area contributed by atoms with Crippen LogP contribution in [0.25, 0.3) is 32.6 Å². The number of rotatable bonds is 4. The molecule has 1 N–H and O–H groups in total. The molecule has 0 fully saturated rings. The molecule has 0 aliphatic carbocycles. The number of hydrogen-bond donors (Lipinski definition) is 1. The fourth-order valence-electron chi connectivity index (χ4n) is 4.16. The molecule has 6 nitrogen and oxygen atoms in total. The van der Waals surface area contributed by atoms with E-state index in [0.717, 1.165) is 43.9 Å². The number of aromatic nitrogens is 4. The second-order valence-electron chi connectivity index (χ2n) is 7.76. The van der Waals surface area contributed by atoms with Gasteiger partial charge in [0.05, 0.1) is 5.69 Å². The van der Waals surface area contributed by atoms with Crippen molar-refractivity contribution in [3.8, 4) is 0 Å². The predicted octanol–water partition coefficient (Wildman–Crippen LogP) is 6.21. The molecule has 32 heavy (non-hydrogen) atoms. The third-order valence-corrected chi connectivity index (χ3v) is 5.84. The van der Waals surface area contributed by atoms with Crippen LogP contribution in [-0.2, 0) is 0 Å². The van der Waals surface area contributed by atoms with Crippen LogP contribution < -0.4 is 5.32 Å². The molecule has 0 bridgehead atoms. The van der Waals surface area contributed by atoms with E-state index in [1.165, 1.54) is 0 Å². The number of nitrogens with one attached hydrogen (secondary N) is 1. The number of nitrogens with zero attached hydrogens (tertiary/aromatic N) is 4. The lowest BCUT2D eigenvalue weighted by atomic mass is 9.95. The summed E-state index contributed by atoms with van der Waals surface area (Å²) < 4.78 is 5.98. The Morgan fingerprint density at radius 3 is 2.38 bits per heavy atom. The lowest BCUT2D eigenvalue weighted by Gasteiger charge is -2.14. The number of fused-ring (bicyclic) bond motifs is 4. The molecule has 0 spiro atoms. The van der Waals surface area contributed by atoms with Gasteiger partial charge in [0.25, 0.3) is 0 Å². The Morgan fingerprint density at radius 1 is 0.781 bits per heavy atom. The van der Waals surface area contributed by atoms with Gasteiger partial charge in [0.15, 0.2) is 11.4 Å². The van der Waals surface area contributed by atoms with Crippen molar-refractivity contribution >= 4 is 44.5 Å². The lowest BCUT2D eigenvalue weighted by Crippen LogP contribution is -2.05. The normalized spacial score (nSPS) is 12.4. The van der Waals surface area contributed by atoms with Crippen LogP contribution in [0.3, 0.4) is 0 Å². The molecule has 0 amide bonds. The van der Waals surface area contributed by atoms with Gasteiger partial charge in [-0.05, 0) is 29.1 Å². The molecule has 1 unspecified atom stereocenters. The zero-order valence-electron chi connectivity index (χ0n) is 17.4. The van der Waals surface area contributed by atoms with Gasteiger partial charge in [-0.15, -0.1) is 5.10 Å². The quantitative estimate of drug-likeness (QED) is 0.367. The molecule has 6 aromatic rings. The molecule has 0 saturated carbocycles. The third-order valence-electron chi connectivity index (χ3n) is 5.84. The molecule has 3 aromatic carbocycles. The average Bonchev–Trinajstić information content (AvgIpc) is 3.27. The van der Waals surface area contributed by atoms with Crippen LogP contribution in [0.4, 0.5) is 11.8 Å². The molecule has 3 aromatic heterocycles. The Kier molecular flexibility index (Phi) is 4.28. The first-order chi connectivity index (χ1) is 15.8. The van der Waals surface area contributed by atoms with E-state index in [0.29, 0.717) is 11.8 Å². The number of anilines is 2. The van der Waals surface area contributed by atoms with Crippen LogP contribution in [0.5, 0.6) is 0 Å². The predicted molar refractivity (Wildman–Crippen MR) is 126 cm³/mol. The second-order valence-corrected chi connectivity index (χ2v) is 7.76. The molecule has 0 aliphatic heterocycles. The molecule has 6 heteroatoms. The molecule has 0 aliphatic rings. The van der Waals surface area contributed by atoms with Crippen LogP contribution in [0.2, 0.25) is 0 Å². The summed E-state index contributed by atoms with van der Waals surface area (Å²) in [5, 5.41) is 16.5. The SMILES string of the molecule is CC(c1ccncc1)c1nnc(Nc2nc3c(ccc4ccccc43)o2)c2ccccc12. The zero-order chi connectivity index (χ0) is 21.5. The summed E-state index contributed by atoms with van der Waals surface area (Å²) in [6.07, 6.45) is 3.60. The molecular weight excluding hydrogens is 398 g/mol. The summed E-state index contributed by atoms with van der Waals surface area (Å²) in [5.74, 6) is 0.697. The summed E-state index contributed by atoms with van der Waals surface area (Å²) >= 11 is 0. The first-order valence-corrected chi connectivity index (χ1v) is 10.5. The van der Waals surface area contributed by atoms with E-state index in [-0.39, 0.29) is 5.92 Å². The minimum Gasteiger partial charge on any atom is -0.423 e. The molecule has 0 radical (unpaired) electrons. The first kappa shape index (κ1) is 18.4. The van der Waals surface area contributed by atoms with Crippen molar-refractivity contribution < 1.29 is 4.42 Å². The number of hydrogen-bond acceptors (Lipinski definition) is 6.